The van der Waals surface area contributed by atoms with Crippen LogP contribution in [0, 0.1) is 10.1 Å². The van der Waals surface area contributed by atoms with Crippen LogP contribution in [0.15, 0.2) is 35.1 Å². The van der Waals surface area contributed by atoms with Crippen LogP contribution < -0.4 is 11.3 Å². The van der Waals surface area contributed by atoms with E-state index in [9.17, 15) is 14.9 Å². The standard InChI is InChI=1S/C14H16N4O3/c1-2-7-17-14(19)11(9-15)8-13(16-17)10-3-5-12(6-4-10)18(20)21/h3-6,8H,2,7,9,15H2,1H3. The van der Waals surface area contributed by atoms with Crippen LogP contribution in [0.2, 0.25) is 0 Å². The Morgan fingerprint density at radius 3 is 2.52 bits per heavy atom. The van der Waals surface area contributed by atoms with Crippen molar-refractivity contribution in [1.29, 1.82) is 0 Å². The molecule has 1 aromatic carbocycles. The molecule has 0 atom stereocenters. The number of non-ortho nitro benzene ring substituents is 1. The summed E-state index contributed by atoms with van der Waals surface area (Å²) < 4.78 is 1.39. The van der Waals surface area contributed by atoms with E-state index in [1.54, 1.807) is 18.2 Å². The van der Waals surface area contributed by atoms with Crippen LogP contribution in [0.1, 0.15) is 18.9 Å². The van der Waals surface area contributed by atoms with E-state index in [1.165, 1.54) is 16.8 Å². The van der Waals surface area contributed by atoms with Crippen molar-refractivity contribution < 1.29 is 4.92 Å². The summed E-state index contributed by atoms with van der Waals surface area (Å²) in [4.78, 5) is 22.3. The van der Waals surface area contributed by atoms with E-state index in [4.69, 9.17) is 5.73 Å². The number of hydrogen-bond acceptors (Lipinski definition) is 5. The molecular formula is C14H16N4O3. The van der Waals surface area contributed by atoms with Gasteiger partial charge in [-0.3, -0.25) is 14.9 Å². The number of benzene rings is 1. The zero-order valence-electron chi connectivity index (χ0n) is 11.7. The highest BCUT2D eigenvalue weighted by molar-refractivity contribution is 5.60. The number of hydrogen-bond donors (Lipinski definition) is 1. The number of aromatic nitrogens is 2. The molecule has 0 amide bonds. The van der Waals surface area contributed by atoms with Gasteiger partial charge in [-0.25, -0.2) is 4.68 Å². The van der Waals surface area contributed by atoms with Crippen LogP contribution >= 0.6 is 0 Å². The third-order valence-corrected chi connectivity index (χ3v) is 3.08. The van der Waals surface area contributed by atoms with Gasteiger partial charge in [-0.1, -0.05) is 6.92 Å². The second-order valence-electron chi connectivity index (χ2n) is 4.59. The highest BCUT2D eigenvalue weighted by Gasteiger charge is 2.10. The van der Waals surface area contributed by atoms with Gasteiger partial charge in [0.05, 0.1) is 10.6 Å². The van der Waals surface area contributed by atoms with E-state index in [1.807, 2.05) is 6.92 Å². The lowest BCUT2D eigenvalue weighted by molar-refractivity contribution is -0.384. The summed E-state index contributed by atoms with van der Waals surface area (Å²) >= 11 is 0. The zero-order chi connectivity index (χ0) is 15.4. The van der Waals surface area contributed by atoms with Gasteiger partial charge in [0.2, 0.25) is 0 Å². The predicted octanol–water partition coefficient (Wildman–Crippen LogP) is 1.69. The molecule has 110 valence electrons. The summed E-state index contributed by atoms with van der Waals surface area (Å²) in [6, 6.07) is 7.68. The van der Waals surface area contributed by atoms with Crippen molar-refractivity contribution in [2.24, 2.45) is 5.73 Å². The summed E-state index contributed by atoms with van der Waals surface area (Å²) in [7, 11) is 0. The monoisotopic (exact) mass is 288 g/mol. The van der Waals surface area contributed by atoms with Crippen LogP contribution in [0.5, 0.6) is 0 Å². The largest absolute Gasteiger partial charge is 0.326 e. The maximum atomic E-state index is 12.0. The average molecular weight is 288 g/mol. The molecule has 1 heterocycles. The van der Waals surface area contributed by atoms with Crippen LogP contribution in [0.25, 0.3) is 11.3 Å². The summed E-state index contributed by atoms with van der Waals surface area (Å²) in [5.74, 6) is 0. The van der Waals surface area contributed by atoms with Crippen molar-refractivity contribution in [2.75, 3.05) is 0 Å². The van der Waals surface area contributed by atoms with Gasteiger partial charge in [0, 0.05) is 36.3 Å². The molecule has 0 aliphatic rings. The molecule has 2 rings (SSSR count). The molecule has 0 bridgehead atoms. The van der Waals surface area contributed by atoms with Gasteiger partial charge in [-0.15, -0.1) is 0 Å². The number of nitro benzene ring substituents is 1. The smallest absolute Gasteiger partial charge is 0.271 e. The predicted molar refractivity (Wildman–Crippen MR) is 78.8 cm³/mol. The van der Waals surface area contributed by atoms with Gasteiger partial charge in [-0.05, 0) is 24.6 Å². The first-order chi connectivity index (χ1) is 10.1. The molecule has 21 heavy (non-hydrogen) atoms. The normalized spacial score (nSPS) is 10.6. The quantitative estimate of drug-likeness (QED) is 0.666. The van der Waals surface area contributed by atoms with E-state index in [-0.39, 0.29) is 17.8 Å². The molecule has 0 radical (unpaired) electrons. The summed E-state index contributed by atoms with van der Waals surface area (Å²) in [6.07, 6.45) is 0.778. The molecule has 0 aliphatic heterocycles. The fraction of sp³-hybridized carbons (Fsp3) is 0.286. The topological polar surface area (TPSA) is 104 Å². The van der Waals surface area contributed by atoms with Crippen LogP contribution in [0.4, 0.5) is 5.69 Å². The van der Waals surface area contributed by atoms with Crippen molar-refractivity contribution in [3.8, 4) is 11.3 Å². The summed E-state index contributed by atoms with van der Waals surface area (Å²) in [5, 5.41) is 15.0. The average Bonchev–Trinajstić information content (AvgIpc) is 2.49. The van der Waals surface area contributed by atoms with Crippen molar-refractivity contribution in [3.63, 3.8) is 0 Å². The number of nitrogens with two attached hydrogens (primary N) is 1. The highest BCUT2D eigenvalue weighted by Crippen LogP contribution is 2.20. The van der Waals surface area contributed by atoms with E-state index in [0.29, 0.717) is 23.4 Å². The first-order valence-electron chi connectivity index (χ1n) is 6.62. The third kappa shape index (κ3) is 3.14. The molecule has 0 spiro atoms. The van der Waals surface area contributed by atoms with E-state index in [2.05, 4.69) is 5.10 Å². The van der Waals surface area contributed by atoms with Crippen molar-refractivity contribution in [3.05, 3.63) is 56.4 Å². The third-order valence-electron chi connectivity index (χ3n) is 3.08. The maximum absolute atomic E-state index is 12.0. The van der Waals surface area contributed by atoms with Crippen LogP contribution in [0.3, 0.4) is 0 Å². The molecule has 0 unspecified atom stereocenters. The Labute approximate surface area is 121 Å². The maximum Gasteiger partial charge on any atom is 0.271 e. The van der Waals surface area contributed by atoms with E-state index < -0.39 is 4.92 Å². The Balaban J connectivity index is 2.50. The SMILES string of the molecule is CCCn1nc(-c2ccc([N+](=O)[O-])cc2)cc(CN)c1=O. The van der Waals surface area contributed by atoms with Crippen molar-refractivity contribution in [1.82, 2.24) is 9.78 Å². The summed E-state index contributed by atoms with van der Waals surface area (Å²) in [6.45, 7) is 2.59. The fourth-order valence-electron chi connectivity index (χ4n) is 2.00. The molecule has 2 aromatic rings. The second-order valence-corrected chi connectivity index (χ2v) is 4.59. The number of aryl methyl sites for hydroxylation is 1. The van der Waals surface area contributed by atoms with Crippen LogP contribution in [-0.4, -0.2) is 14.7 Å². The lowest BCUT2D eigenvalue weighted by Gasteiger charge is -2.09. The molecule has 1 aromatic heterocycles. The Hall–Kier alpha value is -2.54. The minimum atomic E-state index is -0.458. The van der Waals surface area contributed by atoms with Gasteiger partial charge in [-0.2, -0.15) is 5.10 Å². The van der Waals surface area contributed by atoms with E-state index in [0.717, 1.165) is 6.42 Å². The lowest BCUT2D eigenvalue weighted by atomic mass is 10.1. The Bertz CT molecular complexity index is 707. The first kappa shape index (κ1) is 14.9. The second kappa shape index (κ2) is 6.27. The van der Waals surface area contributed by atoms with Gasteiger partial charge in [0.1, 0.15) is 0 Å². The number of rotatable bonds is 5. The molecule has 0 saturated heterocycles. The molecular weight excluding hydrogens is 272 g/mol. The van der Waals surface area contributed by atoms with Crippen LogP contribution in [-0.2, 0) is 13.1 Å². The molecule has 0 fully saturated rings. The van der Waals surface area contributed by atoms with Gasteiger partial charge >= 0.3 is 0 Å². The van der Waals surface area contributed by atoms with E-state index >= 15 is 0 Å². The van der Waals surface area contributed by atoms with Gasteiger partial charge < -0.3 is 5.73 Å². The Morgan fingerprint density at radius 2 is 2.00 bits per heavy atom. The minimum Gasteiger partial charge on any atom is -0.326 e. The Morgan fingerprint density at radius 1 is 1.33 bits per heavy atom. The zero-order valence-corrected chi connectivity index (χ0v) is 11.7. The van der Waals surface area contributed by atoms with Gasteiger partial charge in [0.25, 0.3) is 11.2 Å². The molecule has 0 aliphatic carbocycles. The highest BCUT2D eigenvalue weighted by atomic mass is 16.6. The molecule has 7 nitrogen and oxygen atoms in total. The van der Waals surface area contributed by atoms with Crippen molar-refractivity contribution in [2.45, 2.75) is 26.4 Å². The number of nitrogens with zero attached hydrogens (tertiary/aromatic N) is 3. The minimum absolute atomic E-state index is 0.0136. The molecule has 2 N–H and O–H groups in total. The molecule has 0 saturated carbocycles. The number of nitro groups is 1. The first-order valence-corrected chi connectivity index (χ1v) is 6.62. The molecule has 7 heteroatoms. The van der Waals surface area contributed by atoms with Crippen molar-refractivity contribution >= 4 is 5.69 Å². The summed E-state index contributed by atoms with van der Waals surface area (Å²) in [5.41, 5.74) is 7.19. The van der Waals surface area contributed by atoms with Gasteiger partial charge in [0.15, 0.2) is 0 Å². The fourth-order valence-corrected chi connectivity index (χ4v) is 2.00. The Kier molecular flexibility index (Phi) is 4.44. The lowest BCUT2D eigenvalue weighted by Crippen LogP contribution is -2.28.